The lowest BCUT2D eigenvalue weighted by atomic mass is 9.88. The second-order valence-electron chi connectivity index (χ2n) is 5.62. The first-order chi connectivity index (χ1) is 9.27. The number of nitrogens with zero attached hydrogens (tertiary/aromatic N) is 1. The third-order valence-electron chi connectivity index (χ3n) is 3.97. The lowest BCUT2D eigenvalue weighted by molar-refractivity contribution is 0.157. The molecule has 0 aromatic carbocycles. The van der Waals surface area contributed by atoms with Gasteiger partial charge in [-0.1, -0.05) is 13.8 Å². The fraction of sp³-hybridized carbons (Fsp3) is 0.692. The predicted octanol–water partition coefficient (Wildman–Crippen LogP) is 3.84. The van der Waals surface area contributed by atoms with Crippen LogP contribution in [0.5, 0.6) is 0 Å². The SMILES string of the molecule is CC1CC(C)C(C)N(S(=O)(=O)c2cc(CCl)oc2Br)C1. The van der Waals surface area contributed by atoms with Crippen molar-refractivity contribution in [3.63, 3.8) is 0 Å². The maximum atomic E-state index is 12.8. The molecule has 114 valence electrons. The Labute approximate surface area is 133 Å². The monoisotopic (exact) mass is 383 g/mol. The van der Waals surface area contributed by atoms with Crippen LogP contribution in [0.3, 0.4) is 0 Å². The molecule has 0 amide bonds. The molecule has 0 saturated carbocycles. The van der Waals surface area contributed by atoms with Crippen molar-refractivity contribution in [1.82, 2.24) is 4.31 Å². The summed E-state index contributed by atoms with van der Waals surface area (Å²) in [7, 11) is -3.56. The molecule has 3 atom stereocenters. The molecule has 20 heavy (non-hydrogen) atoms. The van der Waals surface area contributed by atoms with E-state index in [1.165, 1.54) is 6.07 Å². The normalized spacial score (nSPS) is 28.8. The van der Waals surface area contributed by atoms with Crippen molar-refractivity contribution in [3.8, 4) is 0 Å². The first-order valence-corrected chi connectivity index (χ1v) is 9.40. The van der Waals surface area contributed by atoms with E-state index in [1.807, 2.05) is 6.92 Å². The number of rotatable bonds is 3. The van der Waals surface area contributed by atoms with Crippen molar-refractivity contribution in [2.75, 3.05) is 6.54 Å². The molecule has 3 unspecified atom stereocenters. The van der Waals surface area contributed by atoms with Crippen molar-refractivity contribution in [2.45, 2.75) is 44.0 Å². The Bertz CT molecular complexity index is 586. The van der Waals surface area contributed by atoms with Crippen LogP contribution in [0.4, 0.5) is 0 Å². The number of hydrogen-bond donors (Lipinski definition) is 0. The highest BCUT2D eigenvalue weighted by atomic mass is 79.9. The van der Waals surface area contributed by atoms with Gasteiger partial charge in [0.05, 0.1) is 5.88 Å². The molecule has 1 aromatic rings. The second kappa shape index (κ2) is 5.99. The summed E-state index contributed by atoms with van der Waals surface area (Å²) in [6, 6.07) is 1.49. The van der Waals surface area contributed by atoms with Crippen molar-refractivity contribution >= 4 is 37.6 Å². The van der Waals surface area contributed by atoms with Gasteiger partial charge in [0, 0.05) is 18.7 Å². The zero-order chi connectivity index (χ0) is 15.1. The Morgan fingerprint density at radius 2 is 2.10 bits per heavy atom. The van der Waals surface area contributed by atoms with Crippen molar-refractivity contribution < 1.29 is 12.8 Å². The van der Waals surface area contributed by atoms with Gasteiger partial charge in [0.2, 0.25) is 10.0 Å². The molecule has 7 heteroatoms. The summed E-state index contributed by atoms with van der Waals surface area (Å²) in [4.78, 5) is 0.168. The van der Waals surface area contributed by atoms with E-state index >= 15 is 0 Å². The van der Waals surface area contributed by atoms with E-state index in [1.54, 1.807) is 4.31 Å². The topological polar surface area (TPSA) is 50.5 Å². The molecule has 0 spiro atoms. The molecule has 1 saturated heterocycles. The Morgan fingerprint density at radius 3 is 2.65 bits per heavy atom. The summed E-state index contributed by atoms with van der Waals surface area (Å²) >= 11 is 8.88. The van der Waals surface area contributed by atoms with Crippen LogP contribution < -0.4 is 0 Å². The van der Waals surface area contributed by atoms with Gasteiger partial charge in [-0.3, -0.25) is 0 Å². The quantitative estimate of drug-likeness (QED) is 0.744. The highest BCUT2D eigenvalue weighted by Gasteiger charge is 2.39. The van der Waals surface area contributed by atoms with Crippen LogP contribution in [0.2, 0.25) is 0 Å². The number of alkyl halides is 1. The molecule has 0 aliphatic carbocycles. The van der Waals surface area contributed by atoms with E-state index in [4.69, 9.17) is 16.0 Å². The van der Waals surface area contributed by atoms with E-state index in [9.17, 15) is 8.42 Å². The van der Waals surface area contributed by atoms with Crippen LogP contribution in [-0.4, -0.2) is 25.3 Å². The summed E-state index contributed by atoms with van der Waals surface area (Å²) in [5.74, 6) is 1.29. The number of piperidine rings is 1. The van der Waals surface area contributed by atoms with Crippen LogP contribution in [0.25, 0.3) is 0 Å². The maximum absolute atomic E-state index is 12.8. The molecular weight excluding hydrogens is 366 g/mol. The van der Waals surface area contributed by atoms with E-state index < -0.39 is 10.0 Å². The van der Waals surface area contributed by atoms with Crippen LogP contribution in [0, 0.1) is 11.8 Å². The first-order valence-electron chi connectivity index (χ1n) is 6.63. The summed E-state index contributed by atoms with van der Waals surface area (Å²) in [6.07, 6.45) is 1.05. The molecule has 1 aliphatic rings. The van der Waals surface area contributed by atoms with Gasteiger partial charge in [-0.15, -0.1) is 11.6 Å². The Balaban J connectivity index is 2.40. The Kier molecular flexibility index (Phi) is 4.89. The van der Waals surface area contributed by atoms with E-state index in [0.29, 0.717) is 24.1 Å². The highest BCUT2D eigenvalue weighted by molar-refractivity contribution is 9.10. The standard InChI is InChI=1S/C13H19BrClNO3S/c1-8-4-9(2)10(3)16(7-8)20(17,18)12-5-11(6-15)19-13(12)14/h5,8-10H,4,6-7H2,1-3H3. The van der Waals surface area contributed by atoms with Crippen molar-refractivity contribution in [1.29, 1.82) is 0 Å². The fourth-order valence-electron chi connectivity index (χ4n) is 2.75. The minimum atomic E-state index is -3.56. The largest absolute Gasteiger partial charge is 0.452 e. The van der Waals surface area contributed by atoms with Crippen molar-refractivity contribution in [2.24, 2.45) is 11.8 Å². The maximum Gasteiger partial charge on any atom is 0.247 e. The van der Waals surface area contributed by atoms with Gasteiger partial charge in [0.15, 0.2) is 4.67 Å². The van der Waals surface area contributed by atoms with Crippen LogP contribution in [0.15, 0.2) is 20.0 Å². The van der Waals surface area contributed by atoms with E-state index in [0.717, 1.165) is 6.42 Å². The van der Waals surface area contributed by atoms with Crippen LogP contribution in [-0.2, 0) is 15.9 Å². The first kappa shape index (κ1) is 16.3. The lowest BCUT2D eigenvalue weighted by Crippen LogP contribution is -2.48. The molecule has 0 radical (unpaired) electrons. The number of hydrogen-bond acceptors (Lipinski definition) is 3. The van der Waals surface area contributed by atoms with Crippen LogP contribution in [0.1, 0.15) is 33.0 Å². The molecule has 1 aliphatic heterocycles. The highest BCUT2D eigenvalue weighted by Crippen LogP contribution is 2.35. The smallest absolute Gasteiger partial charge is 0.247 e. The van der Waals surface area contributed by atoms with Gasteiger partial charge in [0.25, 0.3) is 0 Å². The average Bonchev–Trinajstić information content (AvgIpc) is 2.75. The second-order valence-corrected chi connectivity index (χ2v) is 8.46. The van der Waals surface area contributed by atoms with Crippen LogP contribution >= 0.6 is 27.5 Å². The Hall–Kier alpha value is -0.0400. The average molecular weight is 385 g/mol. The van der Waals surface area contributed by atoms with Crippen molar-refractivity contribution in [3.05, 3.63) is 16.5 Å². The zero-order valence-electron chi connectivity index (χ0n) is 11.8. The summed E-state index contributed by atoms with van der Waals surface area (Å²) < 4.78 is 32.8. The molecule has 1 fully saturated rings. The molecule has 2 rings (SSSR count). The summed E-state index contributed by atoms with van der Waals surface area (Å²) in [5.41, 5.74) is 0. The minimum absolute atomic E-state index is 0.0162. The molecule has 0 N–H and O–H groups in total. The molecule has 1 aromatic heterocycles. The number of halogens is 2. The van der Waals surface area contributed by atoms with Gasteiger partial charge in [-0.2, -0.15) is 4.31 Å². The van der Waals surface area contributed by atoms with Gasteiger partial charge < -0.3 is 4.42 Å². The third-order valence-corrected chi connectivity index (χ3v) is 7.04. The fourth-order valence-corrected chi connectivity index (χ4v) is 5.69. The van der Waals surface area contributed by atoms with E-state index in [-0.39, 0.29) is 21.5 Å². The lowest BCUT2D eigenvalue weighted by Gasteiger charge is -2.39. The Morgan fingerprint density at radius 1 is 1.45 bits per heavy atom. The summed E-state index contributed by atoms with van der Waals surface area (Å²) in [6.45, 7) is 6.68. The predicted molar refractivity (Wildman–Crippen MR) is 82.3 cm³/mol. The van der Waals surface area contributed by atoms with Gasteiger partial charge in [0.1, 0.15) is 10.7 Å². The minimum Gasteiger partial charge on any atom is -0.452 e. The van der Waals surface area contributed by atoms with Gasteiger partial charge in [-0.25, -0.2) is 8.42 Å². The summed E-state index contributed by atoms with van der Waals surface area (Å²) in [5, 5.41) is 0. The molecular formula is C13H19BrClNO3S. The number of sulfonamides is 1. The molecule has 4 nitrogen and oxygen atoms in total. The number of furan rings is 1. The third kappa shape index (κ3) is 2.93. The van der Waals surface area contributed by atoms with Gasteiger partial charge >= 0.3 is 0 Å². The van der Waals surface area contributed by atoms with E-state index in [2.05, 4.69) is 29.8 Å². The molecule has 0 bridgehead atoms. The molecule has 2 heterocycles. The van der Waals surface area contributed by atoms with Gasteiger partial charge in [-0.05, 0) is 41.1 Å². The zero-order valence-corrected chi connectivity index (χ0v) is 14.9.